The standard InChI is InChI=1S/C18H35N7/c1-4-25-14(9-19)5-6-15(25)11-21-17-7-8-18(24(17)3)22-12-16-10-20-13-23(16)2/h10,13-15,17-18,21-22H,4-9,11-12,19H2,1-3H3. The Kier molecular flexibility index (Phi) is 6.46. The molecule has 0 spiro atoms. The van der Waals surface area contributed by atoms with Crippen LogP contribution in [0.5, 0.6) is 0 Å². The van der Waals surface area contributed by atoms with Gasteiger partial charge >= 0.3 is 0 Å². The highest BCUT2D eigenvalue weighted by atomic mass is 15.4. The molecule has 2 saturated heterocycles. The fourth-order valence-electron chi connectivity index (χ4n) is 4.49. The van der Waals surface area contributed by atoms with E-state index in [2.05, 4.69) is 44.0 Å². The molecule has 4 unspecified atom stereocenters. The summed E-state index contributed by atoms with van der Waals surface area (Å²) in [6.07, 6.45) is 9.56. The van der Waals surface area contributed by atoms with E-state index in [4.69, 9.17) is 5.73 Å². The van der Waals surface area contributed by atoms with Gasteiger partial charge in [0.1, 0.15) is 0 Å². The number of likely N-dealkylation sites (tertiary alicyclic amines) is 2. The van der Waals surface area contributed by atoms with Crippen LogP contribution in [-0.4, -0.2) is 70.4 Å². The normalized spacial score (nSPS) is 31.2. The molecule has 0 aromatic carbocycles. The minimum absolute atomic E-state index is 0.426. The van der Waals surface area contributed by atoms with Crippen LogP contribution in [0.15, 0.2) is 12.5 Å². The molecule has 7 heteroatoms. The third kappa shape index (κ3) is 4.23. The van der Waals surface area contributed by atoms with Crippen molar-refractivity contribution < 1.29 is 0 Å². The average molecular weight is 350 g/mol. The summed E-state index contributed by atoms with van der Waals surface area (Å²) in [7, 11) is 4.27. The summed E-state index contributed by atoms with van der Waals surface area (Å²) < 4.78 is 2.07. The monoisotopic (exact) mass is 349 g/mol. The van der Waals surface area contributed by atoms with Crippen LogP contribution in [0.1, 0.15) is 38.3 Å². The fraction of sp³-hybridized carbons (Fsp3) is 0.833. The molecule has 0 bridgehead atoms. The van der Waals surface area contributed by atoms with Crippen LogP contribution in [0, 0.1) is 0 Å². The number of imidazole rings is 1. The van der Waals surface area contributed by atoms with E-state index in [0.717, 1.165) is 26.2 Å². The lowest BCUT2D eigenvalue weighted by Crippen LogP contribution is -2.51. The Labute approximate surface area is 151 Å². The number of likely N-dealkylation sites (N-methyl/N-ethyl adjacent to an activating group) is 1. The third-order valence-corrected chi connectivity index (χ3v) is 6.13. The Hall–Kier alpha value is -0.990. The molecule has 0 saturated carbocycles. The second-order valence-electron chi connectivity index (χ2n) is 7.51. The zero-order chi connectivity index (χ0) is 17.8. The first-order valence-corrected chi connectivity index (χ1v) is 9.73. The van der Waals surface area contributed by atoms with E-state index in [0.29, 0.717) is 24.4 Å². The molecule has 0 radical (unpaired) electrons. The molecule has 142 valence electrons. The summed E-state index contributed by atoms with van der Waals surface area (Å²) in [4.78, 5) is 9.22. The summed E-state index contributed by atoms with van der Waals surface area (Å²) in [6.45, 7) is 6.06. The van der Waals surface area contributed by atoms with Gasteiger partial charge < -0.3 is 15.6 Å². The topological polar surface area (TPSA) is 74.4 Å². The molecule has 0 aliphatic carbocycles. The first kappa shape index (κ1) is 18.8. The fourth-order valence-corrected chi connectivity index (χ4v) is 4.49. The first-order valence-electron chi connectivity index (χ1n) is 9.73. The van der Waals surface area contributed by atoms with Crippen molar-refractivity contribution in [2.75, 3.05) is 26.7 Å². The Balaban J connectivity index is 1.44. The van der Waals surface area contributed by atoms with Gasteiger partial charge in [-0.1, -0.05) is 6.92 Å². The highest BCUT2D eigenvalue weighted by Gasteiger charge is 2.34. The number of nitrogens with one attached hydrogen (secondary N) is 2. The van der Waals surface area contributed by atoms with E-state index in [-0.39, 0.29) is 0 Å². The molecular weight excluding hydrogens is 314 g/mol. The van der Waals surface area contributed by atoms with Crippen LogP contribution in [0.2, 0.25) is 0 Å². The van der Waals surface area contributed by atoms with E-state index in [1.54, 1.807) is 0 Å². The smallest absolute Gasteiger partial charge is 0.0945 e. The minimum Gasteiger partial charge on any atom is -0.337 e. The van der Waals surface area contributed by atoms with Crippen molar-refractivity contribution >= 4 is 0 Å². The molecular formula is C18H35N7. The Morgan fingerprint density at radius 3 is 2.48 bits per heavy atom. The van der Waals surface area contributed by atoms with Gasteiger partial charge in [0.2, 0.25) is 0 Å². The minimum atomic E-state index is 0.426. The van der Waals surface area contributed by atoms with Gasteiger partial charge in [0.25, 0.3) is 0 Å². The van der Waals surface area contributed by atoms with Crippen LogP contribution in [0.3, 0.4) is 0 Å². The molecule has 3 rings (SSSR count). The van der Waals surface area contributed by atoms with Crippen LogP contribution >= 0.6 is 0 Å². The Morgan fingerprint density at radius 2 is 1.84 bits per heavy atom. The van der Waals surface area contributed by atoms with E-state index in [1.807, 2.05) is 19.6 Å². The molecule has 0 amide bonds. The molecule has 2 aliphatic rings. The maximum atomic E-state index is 5.92. The van der Waals surface area contributed by atoms with Crippen molar-refractivity contribution in [1.82, 2.24) is 30.0 Å². The maximum Gasteiger partial charge on any atom is 0.0945 e. The van der Waals surface area contributed by atoms with Crippen LogP contribution in [-0.2, 0) is 13.6 Å². The second-order valence-corrected chi connectivity index (χ2v) is 7.51. The summed E-state index contributed by atoms with van der Waals surface area (Å²) in [5, 5.41) is 7.47. The van der Waals surface area contributed by atoms with Crippen LogP contribution in [0.4, 0.5) is 0 Å². The average Bonchev–Trinajstić information content (AvgIpc) is 3.30. The van der Waals surface area contributed by atoms with Crippen molar-refractivity contribution in [3.8, 4) is 0 Å². The van der Waals surface area contributed by atoms with Gasteiger partial charge in [-0.2, -0.15) is 0 Å². The van der Waals surface area contributed by atoms with Crippen molar-refractivity contribution in [2.45, 2.75) is 63.6 Å². The molecule has 2 aliphatic heterocycles. The number of aryl methyl sites for hydroxylation is 1. The van der Waals surface area contributed by atoms with Crippen molar-refractivity contribution in [3.05, 3.63) is 18.2 Å². The third-order valence-electron chi connectivity index (χ3n) is 6.13. The summed E-state index contributed by atoms with van der Waals surface area (Å²) >= 11 is 0. The first-order chi connectivity index (χ1) is 12.1. The van der Waals surface area contributed by atoms with E-state index in [1.165, 1.54) is 31.4 Å². The number of hydrogen-bond donors (Lipinski definition) is 3. The molecule has 7 nitrogen and oxygen atoms in total. The van der Waals surface area contributed by atoms with Crippen molar-refractivity contribution in [3.63, 3.8) is 0 Å². The molecule has 25 heavy (non-hydrogen) atoms. The predicted octanol–water partition coefficient (Wildman–Crippen LogP) is 0.289. The lowest BCUT2D eigenvalue weighted by atomic mass is 10.2. The van der Waals surface area contributed by atoms with E-state index < -0.39 is 0 Å². The van der Waals surface area contributed by atoms with Crippen LogP contribution < -0.4 is 16.4 Å². The lowest BCUT2D eigenvalue weighted by Gasteiger charge is -2.31. The Bertz CT molecular complexity index is 531. The quantitative estimate of drug-likeness (QED) is 0.626. The SMILES string of the molecule is CCN1C(CN)CCC1CNC1CCC(NCc2cncn2C)N1C. The van der Waals surface area contributed by atoms with Gasteiger partial charge in [0, 0.05) is 45.0 Å². The summed E-state index contributed by atoms with van der Waals surface area (Å²) in [5.74, 6) is 0. The number of nitrogens with zero attached hydrogens (tertiary/aromatic N) is 4. The molecule has 3 heterocycles. The van der Waals surface area contributed by atoms with Gasteiger partial charge in [-0.05, 0) is 39.3 Å². The van der Waals surface area contributed by atoms with Crippen molar-refractivity contribution in [1.29, 1.82) is 0 Å². The number of aromatic nitrogens is 2. The highest BCUT2D eigenvalue weighted by molar-refractivity contribution is 4.98. The highest BCUT2D eigenvalue weighted by Crippen LogP contribution is 2.24. The largest absolute Gasteiger partial charge is 0.337 e. The number of hydrogen-bond acceptors (Lipinski definition) is 6. The molecule has 1 aromatic heterocycles. The lowest BCUT2D eigenvalue weighted by molar-refractivity contribution is 0.157. The number of nitrogens with two attached hydrogens (primary N) is 1. The van der Waals surface area contributed by atoms with Gasteiger partial charge in [-0.3, -0.25) is 15.1 Å². The van der Waals surface area contributed by atoms with E-state index >= 15 is 0 Å². The van der Waals surface area contributed by atoms with Crippen LogP contribution in [0.25, 0.3) is 0 Å². The molecule has 4 N–H and O–H groups in total. The molecule has 1 aromatic rings. The van der Waals surface area contributed by atoms with E-state index in [9.17, 15) is 0 Å². The summed E-state index contributed by atoms with van der Waals surface area (Å²) in [6, 6.07) is 1.21. The Morgan fingerprint density at radius 1 is 1.12 bits per heavy atom. The van der Waals surface area contributed by atoms with Crippen molar-refractivity contribution in [2.24, 2.45) is 12.8 Å². The van der Waals surface area contributed by atoms with Gasteiger partial charge in [-0.25, -0.2) is 4.98 Å². The van der Waals surface area contributed by atoms with Gasteiger partial charge in [0.05, 0.1) is 24.4 Å². The van der Waals surface area contributed by atoms with Gasteiger partial charge in [-0.15, -0.1) is 0 Å². The predicted molar refractivity (Wildman–Crippen MR) is 101 cm³/mol. The van der Waals surface area contributed by atoms with Gasteiger partial charge in [0.15, 0.2) is 0 Å². The zero-order valence-electron chi connectivity index (χ0n) is 16.0. The maximum absolute atomic E-state index is 5.92. The zero-order valence-corrected chi connectivity index (χ0v) is 16.0. The second kappa shape index (κ2) is 8.60. The number of rotatable bonds is 8. The summed E-state index contributed by atoms with van der Waals surface area (Å²) in [5.41, 5.74) is 7.14. The molecule has 4 atom stereocenters. The molecule has 2 fully saturated rings.